The van der Waals surface area contributed by atoms with Crippen molar-refractivity contribution >= 4 is 11.9 Å². The van der Waals surface area contributed by atoms with Gasteiger partial charge in [0.15, 0.2) is 0 Å². The molecule has 0 radical (unpaired) electrons. The molecule has 0 spiro atoms. The van der Waals surface area contributed by atoms with Crippen LogP contribution in [0.3, 0.4) is 0 Å². The van der Waals surface area contributed by atoms with E-state index in [2.05, 4.69) is 10.3 Å². The highest BCUT2D eigenvalue weighted by molar-refractivity contribution is 6.03. The zero-order valence-electron chi connectivity index (χ0n) is 9.86. The quantitative estimate of drug-likeness (QED) is 0.908. The van der Waals surface area contributed by atoms with Gasteiger partial charge in [-0.1, -0.05) is 0 Å². The monoisotopic (exact) mass is 250 g/mol. The number of anilines is 1. The number of hydrogen-bond acceptors (Lipinski definition) is 4. The molecular weight excluding hydrogens is 239 g/mol. The first-order valence-corrected chi connectivity index (χ1v) is 5.17. The van der Waals surface area contributed by atoms with Crippen LogP contribution in [-0.2, 0) is 0 Å². The summed E-state index contributed by atoms with van der Waals surface area (Å²) in [4.78, 5) is 15.6. The Bertz CT molecular complexity index is 580. The zero-order valence-corrected chi connectivity index (χ0v) is 9.86. The molecular formula is C12H11FN2O3. The number of rotatable bonds is 3. The fourth-order valence-electron chi connectivity index (χ4n) is 1.38. The van der Waals surface area contributed by atoms with Crippen molar-refractivity contribution in [3.63, 3.8) is 0 Å². The molecule has 0 atom stereocenters. The molecule has 0 saturated carbocycles. The van der Waals surface area contributed by atoms with Crippen molar-refractivity contribution in [2.24, 2.45) is 0 Å². The Morgan fingerprint density at radius 3 is 2.83 bits per heavy atom. The fourth-order valence-corrected chi connectivity index (χ4v) is 1.38. The van der Waals surface area contributed by atoms with E-state index in [4.69, 9.17) is 9.15 Å². The average Bonchev–Trinajstić information content (AvgIpc) is 2.74. The Labute approximate surface area is 103 Å². The summed E-state index contributed by atoms with van der Waals surface area (Å²) in [6.45, 7) is 1.72. The Balaban J connectivity index is 2.18. The maximum absolute atomic E-state index is 13.6. The number of nitrogens with one attached hydrogen (secondary N) is 1. The van der Waals surface area contributed by atoms with Crippen LogP contribution < -0.4 is 10.1 Å². The highest BCUT2D eigenvalue weighted by Crippen LogP contribution is 2.17. The average molecular weight is 250 g/mol. The smallest absolute Gasteiger partial charge is 0.301 e. The highest BCUT2D eigenvalue weighted by Gasteiger charge is 2.14. The molecule has 6 heteroatoms. The summed E-state index contributed by atoms with van der Waals surface area (Å²) in [6, 6.07) is 4.00. The minimum absolute atomic E-state index is 0.0349. The van der Waals surface area contributed by atoms with E-state index < -0.39 is 11.7 Å². The molecule has 5 nitrogen and oxygen atoms in total. The molecule has 18 heavy (non-hydrogen) atoms. The molecule has 0 aliphatic rings. The summed E-state index contributed by atoms with van der Waals surface area (Å²) in [7, 11) is 1.42. The number of carbonyl (C=O) groups is 1. The Hall–Kier alpha value is -2.37. The van der Waals surface area contributed by atoms with Crippen molar-refractivity contribution in [3.05, 3.63) is 41.5 Å². The molecule has 1 aromatic carbocycles. The van der Waals surface area contributed by atoms with Crippen LogP contribution in [0.15, 0.2) is 28.9 Å². The zero-order chi connectivity index (χ0) is 13.1. The summed E-state index contributed by atoms with van der Waals surface area (Å²) >= 11 is 0. The Kier molecular flexibility index (Phi) is 3.27. The summed E-state index contributed by atoms with van der Waals surface area (Å²) in [5, 5.41) is 2.36. The van der Waals surface area contributed by atoms with Crippen LogP contribution in [0.25, 0.3) is 0 Å². The van der Waals surface area contributed by atoms with E-state index in [1.165, 1.54) is 25.5 Å². The normalized spacial score (nSPS) is 10.2. The van der Waals surface area contributed by atoms with E-state index in [9.17, 15) is 9.18 Å². The van der Waals surface area contributed by atoms with Crippen LogP contribution in [-0.4, -0.2) is 18.0 Å². The van der Waals surface area contributed by atoms with Gasteiger partial charge < -0.3 is 9.15 Å². The number of halogens is 1. The molecule has 1 aromatic heterocycles. The molecule has 0 unspecified atom stereocenters. The van der Waals surface area contributed by atoms with Crippen LogP contribution in [0.2, 0.25) is 0 Å². The van der Waals surface area contributed by atoms with Gasteiger partial charge in [-0.25, -0.2) is 4.39 Å². The highest BCUT2D eigenvalue weighted by atomic mass is 19.1. The predicted molar refractivity (Wildman–Crippen MR) is 62.1 cm³/mol. The number of aryl methyl sites for hydroxylation is 1. The second-order valence-corrected chi connectivity index (χ2v) is 3.59. The van der Waals surface area contributed by atoms with Gasteiger partial charge >= 0.3 is 6.01 Å². The molecule has 0 saturated heterocycles. The summed E-state index contributed by atoms with van der Waals surface area (Å²) in [5.74, 6) is -0.955. The van der Waals surface area contributed by atoms with Crippen LogP contribution >= 0.6 is 0 Å². The lowest BCUT2D eigenvalue weighted by molar-refractivity contribution is 0.102. The van der Waals surface area contributed by atoms with Crippen molar-refractivity contribution in [2.45, 2.75) is 6.92 Å². The van der Waals surface area contributed by atoms with E-state index in [-0.39, 0.29) is 11.6 Å². The minimum atomic E-state index is -0.671. The third-order valence-electron chi connectivity index (χ3n) is 2.26. The van der Waals surface area contributed by atoms with E-state index in [0.29, 0.717) is 11.4 Å². The first kappa shape index (κ1) is 12.1. The number of hydrogen-bond donors (Lipinski definition) is 1. The molecule has 0 aliphatic heterocycles. The standard InChI is InChI=1S/C12H11FN2O3/c1-7-6-18-12(14-7)15-11(16)9-4-3-8(17-2)5-10(9)13/h3-6H,1-2H3,(H,14,15,16). The Morgan fingerprint density at radius 2 is 2.28 bits per heavy atom. The third kappa shape index (κ3) is 2.48. The van der Waals surface area contributed by atoms with Gasteiger partial charge in [-0.3, -0.25) is 10.1 Å². The van der Waals surface area contributed by atoms with Crippen molar-refractivity contribution in [2.75, 3.05) is 12.4 Å². The molecule has 0 fully saturated rings. The van der Waals surface area contributed by atoms with Gasteiger partial charge in [-0.2, -0.15) is 4.98 Å². The molecule has 94 valence electrons. The van der Waals surface area contributed by atoms with Gasteiger partial charge in [0.2, 0.25) is 0 Å². The van der Waals surface area contributed by atoms with E-state index in [1.54, 1.807) is 6.92 Å². The lowest BCUT2D eigenvalue weighted by Gasteiger charge is -2.04. The van der Waals surface area contributed by atoms with Gasteiger partial charge in [0, 0.05) is 6.07 Å². The molecule has 1 heterocycles. The SMILES string of the molecule is COc1ccc(C(=O)Nc2nc(C)co2)c(F)c1. The number of aromatic nitrogens is 1. The minimum Gasteiger partial charge on any atom is -0.497 e. The molecule has 1 amide bonds. The molecule has 0 bridgehead atoms. The first-order valence-electron chi connectivity index (χ1n) is 5.17. The van der Waals surface area contributed by atoms with Gasteiger partial charge in [0.1, 0.15) is 17.8 Å². The molecule has 1 N–H and O–H groups in total. The van der Waals surface area contributed by atoms with E-state index in [0.717, 1.165) is 6.07 Å². The van der Waals surface area contributed by atoms with Crippen molar-refractivity contribution in [1.82, 2.24) is 4.98 Å². The van der Waals surface area contributed by atoms with Gasteiger partial charge in [0.05, 0.1) is 18.4 Å². The lowest BCUT2D eigenvalue weighted by Crippen LogP contribution is -2.14. The molecule has 0 aliphatic carbocycles. The van der Waals surface area contributed by atoms with Crippen molar-refractivity contribution < 1.29 is 18.3 Å². The molecule has 2 aromatic rings. The topological polar surface area (TPSA) is 64.4 Å². The van der Waals surface area contributed by atoms with Crippen molar-refractivity contribution in [1.29, 1.82) is 0 Å². The number of methoxy groups -OCH3 is 1. The lowest BCUT2D eigenvalue weighted by atomic mass is 10.2. The number of carbonyl (C=O) groups excluding carboxylic acids is 1. The number of nitrogens with zero attached hydrogens (tertiary/aromatic N) is 1. The fraction of sp³-hybridized carbons (Fsp3) is 0.167. The Morgan fingerprint density at radius 1 is 1.50 bits per heavy atom. The van der Waals surface area contributed by atoms with Gasteiger partial charge in [-0.05, 0) is 19.1 Å². The maximum Gasteiger partial charge on any atom is 0.301 e. The van der Waals surface area contributed by atoms with Crippen LogP contribution in [0.4, 0.5) is 10.4 Å². The van der Waals surface area contributed by atoms with Crippen LogP contribution in [0.5, 0.6) is 5.75 Å². The van der Waals surface area contributed by atoms with Gasteiger partial charge in [-0.15, -0.1) is 0 Å². The van der Waals surface area contributed by atoms with E-state index >= 15 is 0 Å². The predicted octanol–water partition coefficient (Wildman–Crippen LogP) is 2.38. The number of ether oxygens (including phenoxy) is 1. The largest absolute Gasteiger partial charge is 0.497 e. The summed E-state index contributed by atoms with van der Waals surface area (Å²) < 4.78 is 23.4. The first-order chi connectivity index (χ1) is 8.60. The number of amides is 1. The third-order valence-corrected chi connectivity index (χ3v) is 2.26. The van der Waals surface area contributed by atoms with Crippen LogP contribution in [0, 0.1) is 12.7 Å². The van der Waals surface area contributed by atoms with Crippen LogP contribution in [0.1, 0.15) is 16.1 Å². The second kappa shape index (κ2) is 4.87. The maximum atomic E-state index is 13.6. The summed E-state index contributed by atoms with van der Waals surface area (Å²) in [6.07, 6.45) is 1.39. The van der Waals surface area contributed by atoms with Gasteiger partial charge in [0.25, 0.3) is 5.91 Å². The second-order valence-electron chi connectivity index (χ2n) is 3.59. The summed E-state index contributed by atoms with van der Waals surface area (Å²) in [5.41, 5.74) is 0.521. The number of benzene rings is 1. The van der Waals surface area contributed by atoms with Crippen molar-refractivity contribution in [3.8, 4) is 5.75 Å². The molecule has 2 rings (SSSR count). The number of oxazole rings is 1. The van der Waals surface area contributed by atoms with E-state index in [1.807, 2.05) is 0 Å².